The van der Waals surface area contributed by atoms with Gasteiger partial charge in [0.1, 0.15) is 10.6 Å². The molecule has 26 heavy (non-hydrogen) atoms. The van der Waals surface area contributed by atoms with E-state index < -0.39 is 10.0 Å². The topological polar surface area (TPSA) is 98.5 Å². The Bertz CT molecular complexity index is 1080. The zero-order valence-corrected chi connectivity index (χ0v) is 16.0. The van der Waals surface area contributed by atoms with Crippen LogP contribution in [0.1, 0.15) is 15.2 Å². The van der Waals surface area contributed by atoms with Crippen molar-refractivity contribution in [2.75, 3.05) is 7.11 Å². The molecule has 0 radical (unpaired) electrons. The number of halogens is 1. The standard InChI is InChI=1S/C17H15ClN2O4S2/c1-24-11-4-7-14-13(8-11)15(18)16(25-14)17(21)20-9-10-2-5-12(6-3-10)26(19,22)23/h2-8H,9H2,1H3,(H,20,21)(H2,19,22,23). The molecular weight excluding hydrogens is 396 g/mol. The highest BCUT2D eigenvalue weighted by Gasteiger charge is 2.17. The SMILES string of the molecule is COc1ccc2sc(C(=O)NCc3ccc(S(N)(=O)=O)cc3)c(Cl)c2c1. The molecule has 0 aliphatic carbocycles. The lowest BCUT2D eigenvalue weighted by Crippen LogP contribution is -2.22. The molecule has 136 valence electrons. The molecule has 0 fully saturated rings. The highest BCUT2D eigenvalue weighted by Crippen LogP contribution is 2.37. The van der Waals surface area contributed by atoms with E-state index in [0.717, 1.165) is 15.6 Å². The highest BCUT2D eigenvalue weighted by atomic mass is 35.5. The quantitative estimate of drug-likeness (QED) is 0.675. The number of rotatable bonds is 5. The van der Waals surface area contributed by atoms with Gasteiger partial charge in [0.25, 0.3) is 5.91 Å². The molecule has 1 heterocycles. The first-order chi connectivity index (χ1) is 12.3. The summed E-state index contributed by atoms with van der Waals surface area (Å²) >= 11 is 7.64. The zero-order valence-electron chi connectivity index (χ0n) is 13.7. The number of nitrogens with two attached hydrogens (primary N) is 1. The molecule has 3 N–H and O–H groups in total. The average molecular weight is 411 g/mol. The third-order valence-corrected chi connectivity index (χ3v) is 6.35. The first-order valence-electron chi connectivity index (χ1n) is 7.45. The highest BCUT2D eigenvalue weighted by molar-refractivity contribution is 7.89. The maximum atomic E-state index is 12.5. The summed E-state index contributed by atoms with van der Waals surface area (Å²) in [4.78, 5) is 12.9. The smallest absolute Gasteiger partial charge is 0.263 e. The summed E-state index contributed by atoms with van der Waals surface area (Å²) in [6.07, 6.45) is 0. The molecule has 3 aromatic rings. The van der Waals surface area contributed by atoms with E-state index in [1.165, 1.54) is 23.5 Å². The maximum Gasteiger partial charge on any atom is 0.263 e. The molecule has 0 bridgehead atoms. The van der Waals surface area contributed by atoms with Gasteiger partial charge in [-0.15, -0.1) is 11.3 Å². The van der Waals surface area contributed by atoms with Crippen LogP contribution >= 0.6 is 22.9 Å². The maximum absolute atomic E-state index is 12.5. The van der Waals surface area contributed by atoms with Crippen LogP contribution in [0.5, 0.6) is 5.75 Å². The molecule has 1 aromatic heterocycles. The summed E-state index contributed by atoms with van der Waals surface area (Å²) in [6.45, 7) is 0.234. The van der Waals surface area contributed by atoms with Crippen molar-refractivity contribution in [3.8, 4) is 5.75 Å². The van der Waals surface area contributed by atoms with Crippen molar-refractivity contribution in [1.82, 2.24) is 5.32 Å². The minimum absolute atomic E-state index is 0.0223. The van der Waals surface area contributed by atoms with E-state index >= 15 is 0 Å². The van der Waals surface area contributed by atoms with Crippen LogP contribution in [0.25, 0.3) is 10.1 Å². The van der Waals surface area contributed by atoms with Crippen molar-refractivity contribution in [2.45, 2.75) is 11.4 Å². The summed E-state index contributed by atoms with van der Waals surface area (Å²) in [5.41, 5.74) is 0.740. The van der Waals surface area contributed by atoms with Crippen LogP contribution in [0, 0.1) is 0 Å². The Hall–Kier alpha value is -2.13. The number of amides is 1. The van der Waals surface area contributed by atoms with Crippen molar-refractivity contribution in [3.63, 3.8) is 0 Å². The largest absolute Gasteiger partial charge is 0.497 e. The number of primary sulfonamides is 1. The Morgan fingerprint density at radius 2 is 1.92 bits per heavy atom. The van der Waals surface area contributed by atoms with Crippen molar-refractivity contribution in [3.05, 3.63) is 57.9 Å². The molecule has 3 rings (SSSR count). The van der Waals surface area contributed by atoms with Gasteiger partial charge in [-0.3, -0.25) is 4.79 Å². The lowest BCUT2D eigenvalue weighted by Gasteiger charge is -2.05. The number of benzene rings is 2. The second kappa shape index (κ2) is 7.24. The fourth-order valence-electron chi connectivity index (χ4n) is 2.38. The fourth-order valence-corrected chi connectivity index (χ4v) is 4.30. The molecule has 0 saturated heterocycles. The fraction of sp³-hybridized carbons (Fsp3) is 0.118. The molecule has 0 atom stereocenters. The zero-order chi connectivity index (χ0) is 18.9. The number of thiophene rings is 1. The van der Waals surface area contributed by atoms with Crippen LogP contribution in [0.15, 0.2) is 47.4 Å². The Balaban J connectivity index is 1.76. The Morgan fingerprint density at radius 3 is 2.54 bits per heavy atom. The van der Waals surface area contributed by atoms with E-state index in [-0.39, 0.29) is 17.3 Å². The number of methoxy groups -OCH3 is 1. The lowest BCUT2D eigenvalue weighted by molar-refractivity contribution is 0.0955. The number of nitrogens with one attached hydrogen (secondary N) is 1. The van der Waals surface area contributed by atoms with Crippen LogP contribution in [0.4, 0.5) is 0 Å². The average Bonchev–Trinajstić information content (AvgIpc) is 2.95. The summed E-state index contributed by atoms with van der Waals surface area (Å²) in [5, 5.41) is 8.98. The van der Waals surface area contributed by atoms with Crippen LogP contribution in [-0.2, 0) is 16.6 Å². The summed E-state index contributed by atoms with van der Waals surface area (Å²) in [6, 6.07) is 11.4. The molecule has 2 aromatic carbocycles. The third kappa shape index (κ3) is 3.83. The second-order valence-electron chi connectivity index (χ2n) is 5.48. The van der Waals surface area contributed by atoms with Gasteiger partial charge in [-0.1, -0.05) is 23.7 Å². The Kier molecular flexibility index (Phi) is 5.19. The summed E-state index contributed by atoms with van der Waals surface area (Å²) in [7, 11) is -2.17. The minimum Gasteiger partial charge on any atom is -0.497 e. The predicted octanol–water partition coefficient (Wildman–Crippen LogP) is 3.14. The van der Waals surface area contributed by atoms with Gasteiger partial charge in [0.05, 0.1) is 17.0 Å². The van der Waals surface area contributed by atoms with Gasteiger partial charge in [0, 0.05) is 16.6 Å². The van der Waals surface area contributed by atoms with Gasteiger partial charge >= 0.3 is 0 Å². The number of carbonyl (C=O) groups excluding carboxylic acids is 1. The molecule has 0 aliphatic rings. The first kappa shape index (κ1) is 18.7. The van der Waals surface area contributed by atoms with E-state index in [0.29, 0.717) is 15.6 Å². The molecule has 1 amide bonds. The first-order valence-corrected chi connectivity index (χ1v) is 10.2. The van der Waals surface area contributed by atoms with Crippen molar-refractivity contribution in [1.29, 1.82) is 0 Å². The van der Waals surface area contributed by atoms with Crippen LogP contribution in [0.3, 0.4) is 0 Å². The lowest BCUT2D eigenvalue weighted by atomic mass is 10.2. The van der Waals surface area contributed by atoms with Gasteiger partial charge in [-0.25, -0.2) is 13.6 Å². The van der Waals surface area contributed by atoms with E-state index in [9.17, 15) is 13.2 Å². The number of carbonyl (C=O) groups is 1. The molecule has 0 unspecified atom stereocenters. The van der Waals surface area contributed by atoms with Gasteiger partial charge in [0.2, 0.25) is 10.0 Å². The molecule has 0 spiro atoms. The summed E-state index contributed by atoms with van der Waals surface area (Å²) < 4.78 is 28.6. The van der Waals surface area contributed by atoms with E-state index in [1.807, 2.05) is 12.1 Å². The molecular formula is C17H15ClN2O4S2. The van der Waals surface area contributed by atoms with Crippen molar-refractivity contribution in [2.24, 2.45) is 5.14 Å². The second-order valence-corrected chi connectivity index (χ2v) is 8.47. The number of hydrogen-bond donors (Lipinski definition) is 2. The van der Waals surface area contributed by atoms with E-state index in [4.69, 9.17) is 21.5 Å². The minimum atomic E-state index is -3.73. The van der Waals surface area contributed by atoms with Gasteiger partial charge in [-0.05, 0) is 35.9 Å². The molecule has 0 aliphatic heterocycles. The molecule has 6 nitrogen and oxygen atoms in total. The van der Waals surface area contributed by atoms with Crippen LogP contribution in [0.2, 0.25) is 5.02 Å². The third-order valence-electron chi connectivity index (χ3n) is 3.75. The predicted molar refractivity (Wildman–Crippen MR) is 102 cm³/mol. The number of sulfonamides is 1. The van der Waals surface area contributed by atoms with Crippen LogP contribution in [-0.4, -0.2) is 21.4 Å². The van der Waals surface area contributed by atoms with Crippen LogP contribution < -0.4 is 15.2 Å². The van der Waals surface area contributed by atoms with Crippen molar-refractivity contribution >= 4 is 49.0 Å². The summed E-state index contributed by atoms with van der Waals surface area (Å²) in [5.74, 6) is 0.366. The van der Waals surface area contributed by atoms with Gasteiger partial charge in [0.15, 0.2) is 0 Å². The van der Waals surface area contributed by atoms with Gasteiger partial charge < -0.3 is 10.1 Å². The van der Waals surface area contributed by atoms with Gasteiger partial charge in [-0.2, -0.15) is 0 Å². The van der Waals surface area contributed by atoms with E-state index in [1.54, 1.807) is 25.3 Å². The Morgan fingerprint density at radius 1 is 1.23 bits per heavy atom. The van der Waals surface area contributed by atoms with Crippen molar-refractivity contribution < 1.29 is 17.9 Å². The normalized spacial score (nSPS) is 11.5. The monoisotopic (exact) mass is 410 g/mol. The molecule has 9 heteroatoms. The number of fused-ring (bicyclic) bond motifs is 1. The number of hydrogen-bond acceptors (Lipinski definition) is 5. The molecule has 0 saturated carbocycles. The van der Waals surface area contributed by atoms with E-state index in [2.05, 4.69) is 5.32 Å². The number of ether oxygens (including phenoxy) is 1. The Labute approximate surface area is 159 Å².